The lowest BCUT2D eigenvalue weighted by atomic mass is 9.62. The van der Waals surface area contributed by atoms with Crippen molar-refractivity contribution < 1.29 is 9.90 Å². The average molecular weight is 212 g/mol. The second-order valence-electron chi connectivity index (χ2n) is 5.86. The van der Waals surface area contributed by atoms with Gasteiger partial charge in [0.15, 0.2) is 0 Å². The number of hydrogen-bond donors (Lipinski definition) is 1. The van der Waals surface area contributed by atoms with Crippen molar-refractivity contribution in [2.45, 2.75) is 59.5 Å². The Balaban J connectivity index is 2.74. The molecule has 15 heavy (non-hydrogen) atoms. The lowest BCUT2D eigenvalue weighted by Crippen LogP contribution is -2.40. The Bertz CT molecular complexity index is 231. The molecule has 0 aromatic carbocycles. The van der Waals surface area contributed by atoms with E-state index in [4.69, 9.17) is 0 Å². The zero-order valence-corrected chi connectivity index (χ0v) is 10.4. The average Bonchev–Trinajstić information content (AvgIpc) is 1.99. The van der Waals surface area contributed by atoms with Crippen molar-refractivity contribution in [2.24, 2.45) is 17.3 Å². The monoisotopic (exact) mass is 212 g/mol. The second-order valence-corrected chi connectivity index (χ2v) is 5.86. The third kappa shape index (κ3) is 3.04. The minimum Gasteiger partial charge on any atom is -0.393 e. The zero-order valence-electron chi connectivity index (χ0n) is 10.4. The van der Waals surface area contributed by atoms with E-state index in [1.807, 2.05) is 0 Å². The van der Waals surface area contributed by atoms with E-state index in [-0.39, 0.29) is 17.1 Å². The van der Waals surface area contributed by atoms with E-state index >= 15 is 0 Å². The fourth-order valence-electron chi connectivity index (χ4n) is 3.14. The van der Waals surface area contributed by atoms with Crippen molar-refractivity contribution in [2.75, 3.05) is 0 Å². The number of carbonyl (C=O) groups is 1. The van der Waals surface area contributed by atoms with Crippen LogP contribution in [-0.4, -0.2) is 17.0 Å². The minimum absolute atomic E-state index is 0.115. The van der Waals surface area contributed by atoms with E-state index in [0.29, 0.717) is 12.3 Å². The summed E-state index contributed by atoms with van der Waals surface area (Å²) in [5.41, 5.74) is 0.115. The Kier molecular flexibility index (Phi) is 3.93. The molecule has 0 aromatic rings. The van der Waals surface area contributed by atoms with Crippen molar-refractivity contribution in [3.63, 3.8) is 0 Å². The molecule has 1 aliphatic rings. The summed E-state index contributed by atoms with van der Waals surface area (Å²) in [4.78, 5) is 12.1. The number of carbonyl (C=O) groups excluding carboxylic acids is 1. The third-order valence-corrected chi connectivity index (χ3v) is 3.74. The predicted octanol–water partition coefficient (Wildman–Crippen LogP) is 2.79. The largest absolute Gasteiger partial charge is 0.393 e. The van der Waals surface area contributed by atoms with Gasteiger partial charge in [0.05, 0.1) is 6.10 Å². The molecular weight excluding hydrogens is 188 g/mol. The Morgan fingerprint density at radius 3 is 2.60 bits per heavy atom. The van der Waals surface area contributed by atoms with Gasteiger partial charge in [-0.1, -0.05) is 27.2 Å². The first kappa shape index (κ1) is 12.7. The maximum Gasteiger partial charge on any atom is 0.139 e. The number of rotatable bonds is 3. The Hall–Kier alpha value is -0.370. The number of hydrogen-bond acceptors (Lipinski definition) is 2. The molecular formula is C13H24O2. The van der Waals surface area contributed by atoms with E-state index < -0.39 is 6.10 Å². The molecule has 2 nitrogen and oxygen atoms in total. The van der Waals surface area contributed by atoms with Gasteiger partial charge in [-0.05, 0) is 31.1 Å². The topological polar surface area (TPSA) is 37.3 Å². The molecule has 1 N–H and O–H groups in total. The van der Waals surface area contributed by atoms with Crippen LogP contribution >= 0.6 is 0 Å². The molecule has 0 amide bonds. The van der Waals surface area contributed by atoms with Crippen molar-refractivity contribution in [3.05, 3.63) is 0 Å². The molecule has 0 aromatic heterocycles. The quantitative estimate of drug-likeness (QED) is 0.781. The third-order valence-electron chi connectivity index (χ3n) is 3.74. The molecule has 88 valence electrons. The van der Waals surface area contributed by atoms with Gasteiger partial charge in [0.1, 0.15) is 5.78 Å². The van der Waals surface area contributed by atoms with Gasteiger partial charge in [0.25, 0.3) is 0 Å². The van der Waals surface area contributed by atoms with Crippen LogP contribution in [0.15, 0.2) is 0 Å². The summed E-state index contributed by atoms with van der Waals surface area (Å²) in [6, 6.07) is 0. The van der Waals surface area contributed by atoms with Crippen LogP contribution in [0.1, 0.15) is 53.4 Å². The smallest absolute Gasteiger partial charge is 0.139 e. The van der Waals surface area contributed by atoms with Crippen molar-refractivity contribution in [3.8, 4) is 0 Å². The van der Waals surface area contributed by atoms with Gasteiger partial charge >= 0.3 is 0 Å². The summed E-state index contributed by atoms with van der Waals surface area (Å²) >= 11 is 0. The fraction of sp³-hybridized carbons (Fsp3) is 0.923. The van der Waals surface area contributed by atoms with Crippen LogP contribution in [0.3, 0.4) is 0 Å². The highest BCUT2D eigenvalue weighted by molar-refractivity contribution is 5.82. The number of ketones is 1. The van der Waals surface area contributed by atoms with Crippen LogP contribution in [0.4, 0.5) is 0 Å². The van der Waals surface area contributed by atoms with E-state index in [1.165, 1.54) is 6.42 Å². The van der Waals surface area contributed by atoms with E-state index in [0.717, 1.165) is 12.8 Å². The summed E-state index contributed by atoms with van der Waals surface area (Å²) < 4.78 is 0. The molecule has 0 spiro atoms. The first-order valence-corrected chi connectivity index (χ1v) is 6.05. The molecule has 0 radical (unpaired) electrons. The van der Waals surface area contributed by atoms with Crippen molar-refractivity contribution in [1.82, 2.24) is 0 Å². The summed E-state index contributed by atoms with van der Waals surface area (Å²) in [7, 11) is 0. The van der Waals surface area contributed by atoms with E-state index in [9.17, 15) is 9.90 Å². The fourth-order valence-corrected chi connectivity index (χ4v) is 3.14. The minimum atomic E-state index is -0.498. The molecule has 1 saturated carbocycles. The standard InChI is InChI=1S/C13H24O2/c1-9-6-5-7-13(3,4)12(9)11(15)8-10(2)14/h9-10,12,14H,5-8H2,1-4H3/t9-,10?,12?/m1/s1. The normalized spacial score (nSPS) is 32.3. The van der Waals surface area contributed by atoms with Crippen LogP contribution in [-0.2, 0) is 4.79 Å². The van der Waals surface area contributed by atoms with Crippen LogP contribution in [0.5, 0.6) is 0 Å². The van der Waals surface area contributed by atoms with Crippen LogP contribution in [0.25, 0.3) is 0 Å². The Morgan fingerprint density at radius 1 is 1.53 bits per heavy atom. The van der Waals surface area contributed by atoms with Crippen molar-refractivity contribution >= 4 is 5.78 Å². The zero-order chi connectivity index (χ0) is 11.6. The summed E-state index contributed by atoms with van der Waals surface area (Å²) in [6.07, 6.45) is 3.33. The molecule has 2 unspecified atom stereocenters. The Morgan fingerprint density at radius 2 is 2.13 bits per heavy atom. The van der Waals surface area contributed by atoms with Gasteiger partial charge in [-0.2, -0.15) is 0 Å². The summed E-state index contributed by atoms with van der Waals surface area (Å²) in [5.74, 6) is 0.864. The van der Waals surface area contributed by atoms with E-state index in [1.54, 1.807) is 6.92 Å². The molecule has 0 saturated heterocycles. The molecule has 3 atom stereocenters. The molecule has 0 aliphatic heterocycles. The SMILES string of the molecule is CC(O)CC(=O)C1[C@H](C)CCCC1(C)C. The molecule has 0 bridgehead atoms. The van der Waals surface area contributed by atoms with Crippen molar-refractivity contribution in [1.29, 1.82) is 0 Å². The summed E-state index contributed by atoms with van der Waals surface area (Å²) in [6.45, 7) is 8.24. The molecule has 2 heteroatoms. The maximum absolute atomic E-state index is 12.1. The highest BCUT2D eigenvalue weighted by Gasteiger charge is 2.41. The predicted molar refractivity (Wildman–Crippen MR) is 61.6 cm³/mol. The Labute approximate surface area is 93.1 Å². The van der Waals surface area contributed by atoms with E-state index in [2.05, 4.69) is 20.8 Å². The van der Waals surface area contributed by atoms with Gasteiger partial charge in [0, 0.05) is 12.3 Å². The summed E-state index contributed by atoms with van der Waals surface area (Å²) in [5, 5.41) is 9.29. The van der Waals surface area contributed by atoms with Crippen LogP contribution in [0, 0.1) is 17.3 Å². The molecule has 1 rings (SSSR count). The number of aliphatic hydroxyl groups excluding tert-OH is 1. The number of Topliss-reactive ketones (excluding diaryl/α,β-unsaturated/α-hetero) is 1. The van der Waals surface area contributed by atoms with Gasteiger partial charge < -0.3 is 5.11 Å². The van der Waals surface area contributed by atoms with Crippen LogP contribution in [0.2, 0.25) is 0 Å². The van der Waals surface area contributed by atoms with Gasteiger partial charge in [-0.3, -0.25) is 4.79 Å². The lowest BCUT2D eigenvalue weighted by Gasteiger charge is -2.42. The highest BCUT2D eigenvalue weighted by atomic mass is 16.3. The van der Waals surface area contributed by atoms with Gasteiger partial charge in [0.2, 0.25) is 0 Å². The first-order valence-electron chi connectivity index (χ1n) is 6.05. The molecule has 1 aliphatic carbocycles. The van der Waals surface area contributed by atoms with Gasteiger partial charge in [-0.25, -0.2) is 0 Å². The number of aliphatic hydroxyl groups is 1. The highest BCUT2D eigenvalue weighted by Crippen LogP contribution is 2.44. The van der Waals surface area contributed by atoms with Gasteiger partial charge in [-0.15, -0.1) is 0 Å². The maximum atomic E-state index is 12.1. The molecule has 1 fully saturated rings. The lowest BCUT2D eigenvalue weighted by molar-refractivity contribution is -0.132. The molecule has 0 heterocycles. The second kappa shape index (κ2) is 4.65. The first-order chi connectivity index (χ1) is 6.84. The van der Waals surface area contributed by atoms with Crippen LogP contribution < -0.4 is 0 Å².